The van der Waals surface area contributed by atoms with Crippen LogP contribution in [0.4, 0.5) is 9.59 Å². The van der Waals surface area contributed by atoms with Gasteiger partial charge in [-0.15, -0.1) is 0 Å². The largest absolute Gasteiger partial charge is 0.453 e. The molecule has 0 radical (unpaired) electrons. The van der Waals surface area contributed by atoms with Gasteiger partial charge in [0.25, 0.3) is 0 Å². The molecule has 8 rings (SSSR count). The number of benzene rings is 3. The lowest BCUT2D eigenvalue weighted by Gasteiger charge is -2.34. The van der Waals surface area contributed by atoms with E-state index < -0.39 is 24.1 Å². The molecule has 3 saturated heterocycles. The molecule has 5 heterocycles. The summed E-state index contributed by atoms with van der Waals surface area (Å²) in [7, 11) is 2.58. The molecule has 0 saturated carbocycles. The summed E-state index contributed by atoms with van der Waals surface area (Å²) in [6, 6.07) is 20.6. The fraction of sp³-hybridized carbons (Fsp3) is 0.447. The molecular weight excluding hydrogens is 761 g/mol. The molecule has 2 bridgehead atoms. The highest BCUT2D eigenvalue weighted by Crippen LogP contribution is 2.47. The minimum Gasteiger partial charge on any atom is -0.453 e. The highest BCUT2D eigenvalue weighted by molar-refractivity contribution is 6.05. The number of hydrogen-bond donors (Lipinski definition) is 2. The standard InChI is InChI=1S/C47H54N6O7/c1-26(2)43(50-46(56)58-5)45(55)52-19-7-8-38(52)36-22-35(25-48-36)33-16-15-31-20-30(13-14-32(31)21-33)28-9-11-29(12-10-28)34-23-37(49-24-34)41-39-17-18-40(60-39)42(41)44(54)53(27(3)4)51-47(57)59-6/h9-16,20-21,24-27,38-43H,7-8,17-19,22-23H2,1-6H3,(H,50,56)(H,51,57)/t38-,39?,40?,41?,42+,43-/m0/s1. The monoisotopic (exact) mass is 814 g/mol. The molecule has 3 aromatic rings. The lowest BCUT2D eigenvalue weighted by atomic mass is 9.74. The van der Waals surface area contributed by atoms with Crippen molar-refractivity contribution in [2.24, 2.45) is 27.7 Å². The molecule has 4 amide bonds. The van der Waals surface area contributed by atoms with Gasteiger partial charge in [-0.3, -0.25) is 19.6 Å². The van der Waals surface area contributed by atoms with Gasteiger partial charge in [-0.25, -0.2) is 20.0 Å². The maximum atomic E-state index is 13.9. The van der Waals surface area contributed by atoms with Crippen molar-refractivity contribution in [1.82, 2.24) is 20.7 Å². The minimum atomic E-state index is -0.679. The van der Waals surface area contributed by atoms with E-state index in [2.05, 4.69) is 71.4 Å². The molecule has 0 aromatic heterocycles. The number of amides is 4. The molecule has 0 aliphatic carbocycles. The van der Waals surface area contributed by atoms with E-state index in [9.17, 15) is 19.2 Å². The van der Waals surface area contributed by atoms with Crippen LogP contribution in [0.5, 0.6) is 0 Å². The zero-order chi connectivity index (χ0) is 42.2. The second-order valence-corrected chi connectivity index (χ2v) is 17.1. The third-order valence-corrected chi connectivity index (χ3v) is 12.7. The summed E-state index contributed by atoms with van der Waals surface area (Å²) >= 11 is 0. The molecule has 3 fully saturated rings. The lowest BCUT2D eigenvalue weighted by Crippen LogP contribution is -2.55. The Hall–Kier alpha value is -5.82. The Bertz CT molecular complexity index is 2310. The van der Waals surface area contributed by atoms with Crippen molar-refractivity contribution in [1.29, 1.82) is 0 Å². The zero-order valence-electron chi connectivity index (χ0n) is 35.1. The summed E-state index contributed by atoms with van der Waals surface area (Å²) in [5, 5.41) is 6.36. The quantitative estimate of drug-likeness (QED) is 0.201. The smallest absolute Gasteiger partial charge is 0.425 e. The van der Waals surface area contributed by atoms with Gasteiger partial charge in [0.05, 0.1) is 38.4 Å². The summed E-state index contributed by atoms with van der Waals surface area (Å²) in [5.41, 5.74) is 11.2. The second kappa shape index (κ2) is 17.0. The minimum absolute atomic E-state index is 0.0725. The van der Waals surface area contributed by atoms with Crippen molar-refractivity contribution in [3.63, 3.8) is 0 Å². The van der Waals surface area contributed by atoms with Gasteiger partial charge in [0, 0.05) is 55.2 Å². The maximum Gasteiger partial charge on any atom is 0.425 e. The molecule has 5 aliphatic rings. The summed E-state index contributed by atoms with van der Waals surface area (Å²) in [6.45, 7) is 8.19. The van der Waals surface area contributed by atoms with Crippen LogP contribution in [-0.4, -0.2) is 96.4 Å². The number of alkyl carbamates (subject to hydrolysis) is 1. The fourth-order valence-corrected chi connectivity index (χ4v) is 9.57. The van der Waals surface area contributed by atoms with Gasteiger partial charge in [0.1, 0.15) is 6.04 Å². The average molecular weight is 815 g/mol. The molecule has 314 valence electrons. The van der Waals surface area contributed by atoms with E-state index in [4.69, 9.17) is 24.2 Å². The average Bonchev–Trinajstić information content (AvgIpc) is 4.12. The molecular formula is C47H54N6O7. The number of ether oxygens (including phenoxy) is 3. The van der Waals surface area contributed by atoms with Crippen molar-refractivity contribution in [3.8, 4) is 11.1 Å². The number of hydrazine groups is 1. The number of nitrogens with zero attached hydrogens (tertiary/aromatic N) is 4. The third kappa shape index (κ3) is 7.94. The summed E-state index contributed by atoms with van der Waals surface area (Å²) in [6.07, 6.45) is 7.03. The van der Waals surface area contributed by atoms with Gasteiger partial charge in [-0.1, -0.05) is 62.4 Å². The van der Waals surface area contributed by atoms with Gasteiger partial charge < -0.3 is 24.4 Å². The summed E-state index contributed by atoms with van der Waals surface area (Å²) in [4.78, 5) is 63.2. The van der Waals surface area contributed by atoms with Gasteiger partial charge in [-0.05, 0) is 102 Å². The van der Waals surface area contributed by atoms with E-state index in [0.717, 1.165) is 81.3 Å². The number of carbonyl (C=O) groups excluding carboxylic acids is 4. The van der Waals surface area contributed by atoms with Crippen molar-refractivity contribution in [2.45, 2.75) is 96.6 Å². The Labute approximate surface area is 350 Å². The van der Waals surface area contributed by atoms with Crippen LogP contribution in [0, 0.1) is 17.8 Å². The number of fused-ring (bicyclic) bond motifs is 3. The first-order chi connectivity index (χ1) is 28.9. The topological polar surface area (TPSA) is 151 Å². The van der Waals surface area contributed by atoms with Crippen molar-refractivity contribution >= 4 is 57.3 Å². The molecule has 3 unspecified atom stereocenters. The summed E-state index contributed by atoms with van der Waals surface area (Å²) < 4.78 is 15.9. The Balaban J connectivity index is 0.900. The van der Waals surface area contributed by atoms with Crippen LogP contribution in [0.3, 0.4) is 0 Å². The Morgan fingerprint density at radius 3 is 2.03 bits per heavy atom. The van der Waals surface area contributed by atoms with E-state index in [1.807, 2.05) is 45.0 Å². The Kier molecular flexibility index (Phi) is 11.6. The van der Waals surface area contributed by atoms with Crippen molar-refractivity contribution < 1.29 is 33.4 Å². The van der Waals surface area contributed by atoms with Crippen molar-refractivity contribution in [2.75, 3.05) is 20.8 Å². The van der Waals surface area contributed by atoms with Crippen LogP contribution in [-0.2, 0) is 23.8 Å². The van der Waals surface area contributed by atoms with Crippen LogP contribution in [0.25, 0.3) is 33.0 Å². The number of nitrogens with one attached hydrogen (secondary N) is 2. The molecule has 6 atom stereocenters. The number of allylic oxidation sites excluding steroid dienone is 2. The Morgan fingerprint density at radius 2 is 1.35 bits per heavy atom. The molecule has 3 aromatic carbocycles. The number of methoxy groups -OCH3 is 2. The lowest BCUT2D eigenvalue weighted by molar-refractivity contribution is -0.142. The van der Waals surface area contributed by atoms with E-state index >= 15 is 0 Å². The number of rotatable bonds is 10. The molecule has 0 spiro atoms. The van der Waals surface area contributed by atoms with E-state index in [1.165, 1.54) is 19.2 Å². The van der Waals surface area contributed by atoms with Crippen LogP contribution < -0.4 is 10.7 Å². The predicted molar refractivity (Wildman–Crippen MR) is 231 cm³/mol. The zero-order valence-corrected chi connectivity index (χ0v) is 35.1. The highest BCUT2D eigenvalue weighted by Gasteiger charge is 2.55. The number of hydrogen-bond acceptors (Lipinski definition) is 9. The van der Waals surface area contributed by atoms with Crippen LogP contribution >= 0.6 is 0 Å². The van der Waals surface area contributed by atoms with Crippen molar-refractivity contribution in [3.05, 3.63) is 84.2 Å². The molecule has 5 aliphatic heterocycles. The normalized spacial score (nSPS) is 23.7. The third-order valence-electron chi connectivity index (χ3n) is 12.7. The molecule has 60 heavy (non-hydrogen) atoms. The van der Waals surface area contributed by atoms with E-state index in [0.29, 0.717) is 19.4 Å². The first kappa shape index (κ1) is 40.9. The maximum absolute atomic E-state index is 13.9. The predicted octanol–water partition coefficient (Wildman–Crippen LogP) is 7.55. The SMILES string of the molecule is COC(=O)N[C@H](C(=O)N1CCC[C@H]1C1=NC=C(c2ccc3cc(-c4ccc(C5=CN=C(C6C7CCC(O7)[C@H]6C(=O)N(NC(=O)OC)C(C)C)C5)cc4)ccc3c2)C1)C(C)C. The highest BCUT2D eigenvalue weighted by atomic mass is 16.5. The number of likely N-dealkylation sites (tertiary alicyclic amines) is 1. The van der Waals surface area contributed by atoms with Crippen LogP contribution in [0.1, 0.15) is 77.3 Å². The first-order valence-electron chi connectivity index (χ1n) is 21.1. The van der Waals surface area contributed by atoms with Crippen LogP contribution in [0.2, 0.25) is 0 Å². The Morgan fingerprint density at radius 1 is 0.750 bits per heavy atom. The van der Waals surface area contributed by atoms with Crippen LogP contribution in [0.15, 0.2) is 83.0 Å². The molecule has 13 heteroatoms. The first-order valence-corrected chi connectivity index (χ1v) is 21.1. The van der Waals surface area contributed by atoms with E-state index in [-0.39, 0.29) is 47.9 Å². The van der Waals surface area contributed by atoms with Gasteiger partial charge >= 0.3 is 12.2 Å². The van der Waals surface area contributed by atoms with Gasteiger partial charge in [-0.2, -0.15) is 0 Å². The fourth-order valence-electron chi connectivity index (χ4n) is 9.57. The number of carbonyl (C=O) groups is 4. The molecule has 2 N–H and O–H groups in total. The second-order valence-electron chi connectivity index (χ2n) is 17.1. The van der Waals surface area contributed by atoms with Gasteiger partial charge in [0.2, 0.25) is 11.8 Å². The molecule has 13 nitrogen and oxygen atoms in total. The van der Waals surface area contributed by atoms with Gasteiger partial charge in [0.15, 0.2) is 0 Å². The summed E-state index contributed by atoms with van der Waals surface area (Å²) in [5.74, 6) is -0.939. The number of aliphatic imine (C=N–C) groups is 2. The van der Waals surface area contributed by atoms with E-state index in [1.54, 1.807) is 0 Å².